The molecule has 0 saturated carbocycles. The molecule has 0 atom stereocenters. The highest BCUT2D eigenvalue weighted by atomic mass is 79.9. The molecular formula is C29H19Br2N3O4. The average Bonchev–Trinajstić information content (AvgIpc) is 2.94. The molecule has 1 heterocycles. The van der Waals surface area contributed by atoms with Crippen LogP contribution in [0.4, 0.5) is 0 Å². The molecule has 4 aromatic carbocycles. The van der Waals surface area contributed by atoms with Crippen molar-refractivity contribution in [3.63, 3.8) is 0 Å². The number of benzene rings is 4. The van der Waals surface area contributed by atoms with E-state index in [0.717, 1.165) is 8.95 Å². The van der Waals surface area contributed by atoms with Crippen molar-refractivity contribution in [1.29, 1.82) is 0 Å². The molecule has 0 aliphatic rings. The van der Waals surface area contributed by atoms with Gasteiger partial charge in [0.15, 0.2) is 5.82 Å². The number of nitrogens with zero attached hydrogens (tertiary/aromatic N) is 3. The van der Waals surface area contributed by atoms with Crippen LogP contribution in [0.2, 0.25) is 0 Å². The Morgan fingerprint density at radius 3 is 2.37 bits per heavy atom. The molecule has 188 valence electrons. The van der Waals surface area contributed by atoms with Crippen LogP contribution in [0.5, 0.6) is 11.5 Å². The number of carbonyl (C=O) groups is 1. The quantitative estimate of drug-likeness (QED) is 0.118. The van der Waals surface area contributed by atoms with Crippen molar-refractivity contribution in [2.75, 3.05) is 7.11 Å². The number of aromatic nitrogens is 2. The predicted molar refractivity (Wildman–Crippen MR) is 154 cm³/mol. The number of rotatable bonds is 6. The zero-order valence-electron chi connectivity index (χ0n) is 20.0. The fraction of sp³-hybridized carbons (Fsp3) is 0.0345. The first kappa shape index (κ1) is 25.6. The summed E-state index contributed by atoms with van der Waals surface area (Å²) in [4.78, 5) is 31.0. The Balaban J connectivity index is 1.56. The van der Waals surface area contributed by atoms with Crippen LogP contribution in [0.25, 0.3) is 22.3 Å². The van der Waals surface area contributed by atoms with Crippen LogP contribution in [-0.4, -0.2) is 29.0 Å². The number of esters is 1. The molecule has 1 aromatic heterocycles. The fourth-order valence-electron chi connectivity index (χ4n) is 3.74. The molecule has 0 fully saturated rings. The third kappa shape index (κ3) is 5.44. The predicted octanol–water partition coefficient (Wildman–Crippen LogP) is 6.70. The van der Waals surface area contributed by atoms with Crippen molar-refractivity contribution < 1.29 is 14.3 Å². The average molecular weight is 633 g/mol. The number of fused-ring (bicyclic) bond motifs is 1. The second-order valence-electron chi connectivity index (χ2n) is 8.12. The summed E-state index contributed by atoms with van der Waals surface area (Å²) in [6.07, 6.45) is 1.47. The largest absolute Gasteiger partial charge is 0.497 e. The molecule has 0 aliphatic heterocycles. The normalized spacial score (nSPS) is 11.1. The molecule has 7 nitrogen and oxygen atoms in total. The van der Waals surface area contributed by atoms with Gasteiger partial charge in [0.25, 0.3) is 5.56 Å². The van der Waals surface area contributed by atoms with Gasteiger partial charge >= 0.3 is 5.97 Å². The van der Waals surface area contributed by atoms with Gasteiger partial charge in [0.2, 0.25) is 0 Å². The van der Waals surface area contributed by atoms with E-state index in [-0.39, 0.29) is 11.3 Å². The van der Waals surface area contributed by atoms with Crippen LogP contribution in [0.15, 0.2) is 110 Å². The van der Waals surface area contributed by atoms with Crippen molar-refractivity contribution in [2.45, 2.75) is 0 Å². The van der Waals surface area contributed by atoms with E-state index in [1.165, 1.54) is 10.9 Å². The SMILES string of the molecule is COc1ccc(C(=O)Oc2ccc(Br)cc2C=Nn2c(-c3ccc(Br)cc3)nc3ccccc3c2=O)cc1. The molecule has 38 heavy (non-hydrogen) atoms. The third-order valence-corrected chi connectivity index (χ3v) is 6.69. The van der Waals surface area contributed by atoms with E-state index in [2.05, 4.69) is 37.0 Å². The van der Waals surface area contributed by atoms with E-state index < -0.39 is 5.97 Å². The number of ether oxygens (including phenoxy) is 2. The van der Waals surface area contributed by atoms with Gasteiger partial charge in [-0.3, -0.25) is 4.79 Å². The van der Waals surface area contributed by atoms with Gasteiger partial charge in [0.05, 0.1) is 29.8 Å². The first-order valence-corrected chi connectivity index (χ1v) is 13.0. The third-order valence-electron chi connectivity index (χ3n) is 5.67. The zero-order valence-corrected chi connectivity index (χ0v) is 23.1. The lowest BCUT2D eigenvalue weighted by Crippen LogP contribution is -2.20. The van der Waals surface area contributed by atoms with Gasteiger partial charge in [-0.1, -0.05) is 56.1 Å². The van der Waals surface area contributed by atoms with Gasteiger partial charge in [0.1, 0.15) is 11.5 Å². The Labute approximate surface area is 234 Å². The molecule has 0 amide bonds. The smallest absolute Gasteiger partial charge is 0.343 e. The Morgan fingerprint density at radius 2 is 1.63 bits per heavy atom. The Morgan fingerprint density at radius 1 is 0.921 bits per heavy atom. The minimum atomic E-state index is -0.537. The van der Waals surface area contributed by atoms with Crippen LogP contribution in [0.3, 0.4) is 0 Å². The van der Waals surface area contributed by atoms with Gasteiger partial charge < -0.3 is 9.47 Å². The molecule has 0 saturated heterocycles. The molecule has 5 aromatic rings. The van der Waals surface area contributed by atoms with Crippen molar-refractivity contribution in [1.82, 2.24) is 9.66 Å². The maximum absolute atomic E-state index is 13.5. The molecule has 0 N–H and O–H groups in total. The number of halogens is 2. The summed E-state index contributed by atoms with van der Waals surface area (Å²) >= 11 is 6.89. The lowest BCUT2D eigenvalue weighted by Gasteiger charge is -2.11. The van der Waals surface area contributed by atoms with Crippen molar-refractivity contribution in [3.05, 3.63) is 121 Å². The van der Waals surface area contributed by atoms with Crippen LogP contribution in [0, 0.1) is 0 Å². The summed E-state index contributed by atoms with van der Waals surface area (Å²) in [5.41, 5.74) is 1.82. The summed E-state index contributed by atoms with van der Waals surface area (Å²) < 4.78 is 13.7. The number of para-hydroxylation sites is 1. The second-order valence-corrected chi connectivity index (χ2v) is 9.95. The molecule has 0 radical (unpaired) electrons. The molecule has 0 bridgehead atoms. The number of methoxy groups -OCH3 is 1. The maximum Gasteiger partial charge on any atom is 0.343 e. The molecule has 5 rings (SSSR count). The standard InChI is InChI=1S/C29H19Br2N3O4/c1-37-23-13-8-19(9-14-23)29(36)38-26-15-12-22(31)16-20(26)17-32-34-27(18-6-10-21(30)11-7-18)33-25-5-3-2-4-24(25)28(34)35/h2-17H,1H3. The van der Waals surface area contributed by atoms with E-state index in [0.29, 0.717) is 39.2 Å². The van der Waals surface area contributed by atoms with Crippen molar-refractivity contribution >= 4 is 54.9 Å². The van der Waals surface area contributed by atoms with E-state index in [1.54, 1.807) is 67.8 Å². The highest BCUT2D eigenvalue weighted by Crippen LogP contribution is 2.25. The summed E-state index contributed by atoms with van der Waals surface area (Å²) in [7, 11) is 1.55. The first-order valence-electron chi connectivity index (χ1n) is 11.4. The number of hydrogen-bond donors (Lipinski definition) is 0. The van der Waals surface area contributed by atoms with Crippen LogP contribution in [-0.2, 0) is 0 Å². The summed E-state index contributed by atoms with van der Waals surface area (Å²) in [5.74, 6) is 0.757. The Hall–Kier alpha value is -4.08. The van der Waals surface area contributed by atoms with Crippen LogP contribution < -0.4 is 15.0 Å². The second kappa shape index (κ2) is 11.1. The Kier molecular flexibility index (Phi) is 7.48. The van der Waals surface area contributed by atoms with E-state index in [4.69, 9.17) is 14.5 Å². The van der Waals surface area contributed by atoms with Gasteiger partial charge in [0, 0.05) is 20.1 Å². The monoisotopic (exact) mass is 631 g/mol. The molecule has 0 unspecified atom stereocenters. The summed E-state index contributed by atoms with van der Waals surface area (Å²) in [6.45, 7) is 0. The zero-order chi connectivity index (χ0) is 26.6. The fourth-order valence-corrected chi connectivity index (χ4v) is 4.38. The number of carbonyl (C=O) groups excluding carboxylic acids is 1. The van der Waals surface area contributed by atoms with Gasteiger partial charge in [-0.15, -0.1) is 0 Å². The summed E-state index contributed by atoms with van der Waals surface area (Å²) in [5, 5.41) is 4.94. The maximum atomic E-state index is 13.5. The van der Waals surface area contributed by atoms with Gasteiger partial charge in [-0.05, 0) is 66.7 Å². The summed E-state index contributed by atoms with van der Waals surface area (Å²) in [6, 6.07) is 26.3. The lowest BCUT2D eigenvalue weighted by atomic mass is 10.2. The van der Waals surface area contributed by atoms with E-state index >= 15 is 0 Å². The van der Waals surface area contributed by atoms with E-state index in [1.807, 2.05) is 30.3 Å². The van der Waals surface area contributed by atoms with E-state index in [9.17, 15) is 9.59 Å². The van der Waals surface area contributed by atoms with Crippen molar-refractivity contribution in [3.8, 4) is 22.9 Å². The highest BCUT2D eigenvalue weighted by molar-refractivity contribution is 9.10. The van der Waals surface area contributed by atoms with Crippen LogP contribution >= 0.6 is 31.9 Å². The molecule has 0 spiro atoms. The van der Waals surface area contributed by atoms with Crippen LogP contribution in [0.1, 0.15) is 15.9 Å². The highest BCUT2D eigenvalue weighted by Gasteiger charge is 2.15. The minimum absolute atomic E-state index is 0.282. The lowest BCUT2D eigenvalue weighted by molar-refractivity contribution is 0.0734. The molecule has 0 aliphatic carbocycles. The number of hydrogen-bond acceptors (Lipinski definition) is 6. The van der Waals surface area contributed by atoms with Crippen molar-refractivity contribution in [2.24, 2.45) is 5.10 Å². The first-order chi connectivity index (χ1) is 18.4. The topological polar surface area (TPSA) is 82.8 Å². The molecular weight excluding hydrogens is 614 g/mol. The Bertz CT molecular complexity index is 1730. The van der Waals surface area contributed by atoms with Gasteiger partial charge in [-0.2, -0.15) is 9.78 Å². The minimum Gasteiger partial charge on any atom is -0.497 e. The molecule has 9 heteroatoms. The van der Waals surface area contributed by atoms with Gasteiger partial charge in [-0.25, -0.2) is 9.78 Å².